The lowest BCUT2D eigenvalue weighted by Gasteiger charge is -2.40. The molecular weight excluding hydrogens is 356 g/mol. The van der Waals surface area contributed by atoms with E-state index < -0.39 is 0 Å². The van der Waals surface area contributed by atoms with E-state index >= 15 is 0 Å². The molecule has 2 heterocycles. The number of benzene rings is 1. The van der Waals surface area contributed by atoms with Gasteiger partial charge in [0.2, 0.25) is 5.75 Å². The van der Waals surface area contributed by atoms with Crippen LogP contribution in [0.4, 0.5) is 0 Å². The molecule has 28 heavy (non-hydrogen) atoms. The van der Waals surface area contributed by atoms with Crippen LogP contribution in [0.1, 0.15) is 55.8 Å². The average Bonchev–Trinajstić information content (AvgIpc) is 2.93. The number of amides is 1. The van der Waals surface area contributed by atoms with E-state index in [2.05, 4.69) is 18.9 Å². The molecule has 0 saturated carbocycles. The number of fused-ring (bicyclic) bond motifs is 2. The van der Waals surface area contributed by atoms with Crippen molar-refractivity contribution < 1.29 is 23.9 Å². The van der Waals surface area contributed by atoms with E-state index in [4.69, 9.17) is 14.2 Å². The monoisotopic (exact) mass is 391 g/mol. The molecule has 2 saturated heterocycles. The highest BCUT2D eigenvalue weighted by atomic mass is 16.5. The Morgan fingerprint density at radius 2 is 1.64 bits per heavy atom. The fourth-order valence-electron chi connectivity index (χ4n) is 4.95. The number of rotatable bonds is 8. The summed E-state index contributed by atoms with van der Waals surface area (Å²) in [5.74, 6) is 1.63. The van der Waals surface area contributed by atoms with Crippen molar-refractivity contribution in [2.24, 2.45) is 0 Å². The molecule has 0 radical (unpaired) electrons. The van der Waals surface area contributed by atoms with Gasteiger partial charge in [0.25, 0.3) is 5.91 Å². The smallest absolute Gasteiger partial charge is 0.254 e. The van der Waals surface area contributed by atoms with Crippen molar-refractivity contribution in [1.29, 1.82) is 0 Å². The van der Waals surface area contributed by atoms with Gasteiger partial charge in [-0.2, -0.15) is 0 Å². The number of carbonyl (C=O) groups is 1. The van der Waals surface area contributed by atoms with E-state index in [-0.39, 0.29) is 5.91 Å². The summed E-state index contributed by atoms with van der Waals surface area (Å²) >= 11 is 0. The minimum atomic E-state index is 0.0663. The van der Waals surface area contributed by atoms with Gasteiger partial charge in [-0.1, -0.05) is 13.3 Å². The topological polar surface area (TPSA) is 52.4 Å². The number of quaternary nitrogens is 1. The number of hydrogen-bond donors (Lipinski definition) is 1. The molecule has 3 rings (SSSR count). The molecule has 0 spiro atoms. The Morgan fingerprint density at radius 3 is 2.11 bits per heavy atom. The van der Waals surface area contributed by atoms with Crippen LogP contribution < -0.4 is 19.1 Å². The number of carbonyl (C=O) groups excluding carboxylic acids is 1. The highest BCUT2D eigenvalue weighted by Crippen LogP contribution is 2.39. The fraction of sp³-hybridized carbons (Fsp3) is 0.682. The maximum Gasteiger partial charge on any atom is 0.254 e. The second-order valence-corrected chi connectivity index (χ2v) is 8.11. The molecule has 1 aromatic carbocycles. The van der Waals surface area contributed by atoms with Crippen LogP contribution in [0.2, 0.25) is 0 Å². The van der Waals surface area contributed by atoms with Crippen LogP contribution in [0, 0.1) is 0 Å². The highest BCUT2D eigenvalue weighted by Gasteiger charge is 2.45. The first-order chi connectivity index (χ1) is 13.5. The van der Waals surface area contributed by atoms with Gasteiger partial charge in [0.1, 0.15) is 0 Å². The van der Waals surface area contributed by atoms with Gasteiger partial charge in [0.15, 0.2) is 11.5 Å². The number of unbranched alkanes of at least 4 members (excludes halogenated alkanes) is 1. The predicted octanol–water partition coefficient (Wildman–Crippen LogP) is 2.16. The third-order valence-electron chi connectivity index (χ3n) is 6.63. The number of piperidine rings is 1. The molecular formula is C22H35N2O4+. The Hall–Kier alpha value is -1.95. The Balaban J connectivity index is 1.89. The van der Waals surface area contributed by atoms with Crippen LogP contribution in [0.15, 0.2) is 12.1 Å². The molecule has 2 bridgehead atoms. The number of hydrogen-bond acceptors (Lipinski definition) is 4. The van der Waals surface area contributed by atoms with Crippen molar-refractivity contribution in [3.63, 3.8) is 0 Å². The van der Waals surface area contributed by atoms with Crippen LogP contribution >= 0.6 is 0 Å². The summed E-state index contributed by atoms with van der Waals surface area (Å²) < 4.78 is 16.3. The summed E-state index contributed by atoms with van der Waals surface area (Å²) in [6.45, 7) is 2.97. The molecule has 0 aromatic heterocycles. The molecule has 1 N–H and O–H groups in total. The summed E-state index contributed by atoms with van der Waals surface area (Å²) in [5, 5.41) is 0. The molecule has 1 aromatic rings. The van der Waals surface area contributed by atoms with Gasteiger partial charge in [0, 0.05) is 43.8 Å². The van der Waals surface area contributed by atoms with Gasteiger partial charge in [-0.15, -0.1) is 0 Å². The molecule has 2 aliphatic heterocycles. The highest BCUT2D eigenvalue weighted by molar-refractivity contribution is 5.96. The maximum atomic E-state index is 13.6. The Labute approximate surface area is 168 Å². The zero-order valence-electron chi connectivity index (χ0n) is 17.9. The third kappa shape index (κ3) is 3.93. The van der Waals surface area contributed by atoms with Crippen molar-refractivity contribution in [2.45, 2.75) is 63.6 Å². The van der Waals surface area contributed by atoms with Crippen LogP contribution in [0.25, 0.3) is 0 Å². The molecule has 2 atom stereocenters. The minimum Gasteiger partial charge on any atom is -0.493 e. The van der Waals surface area contributed by atoms with E-state index in [0.29, 0.717) is 40.9 Å². The van der Waals surface area contributed by atoms with Crippen molar-refractivity contribution in [3.8, 4) is 17.2 Å². The fourth-order valence-corrected chi connectivity index (χ4v) is 4.95. The standard InChI is InChI=1S/C22H34N2O4/c1-6-7-10-24(18-13-16-8-9-17(14-18)23(16)2)22(25)15-11-19(26-3)21(28-5)20(12-15)27-4/h11-12,16-18H,6-10,13-14H2,1-5H3/p+1/t16-,17-/m1/s1. The normalized spacial score (nSPS) is 26.0. The zero-order chi connectivity index (χ0) is 20.3. The molecule has 1 amide bonds. The maximum absolute atomic E-state index is 13.6. The Kier molecular flexibility index (Phi) is 6.70. The molecule has 0 unspecified atom stereocenters. The summed E-state index contributed by atoms with van der Waals surface area (Å²) in [4.78, 5) is 17.3. The van der Waals surface area contributed by atoms with Gasteiger partial charge in [-0.3, -0.25) is 4.79 Å². The minimum absolute atomic E-state index is 0.0663. The lowest BCUT2D eigenvalue weighted by atomic mass is 9.95. The van der Waals surface area contributed by atoms with Gasteiger partial charge in [0.05, 0.1) is 40.5 Å². The first-order valence-corrected chi connectivity index (χ1v) is 10.5. The molecule has 0 aliphatic carbocycles. The summed E-state index contributed by atoms with van der Waals surface area (Å²) in [6, 6.07) is 5.23. The van der Waals surface area contributed by atoms with Crippen molar-refractivity contribution in [1.82, 2.24) is 4.90 Å². The van der Waals surface area contributed by atoms with Crippen LogP contribution in [0.5, 0.6) is 17.2 Å². The van der Waals surface area contributed by atoms with Crippen LogP contribution in [-0.2, 0) is 0 Å². The lowest BCUT2D eigenvalue weighted by Crippen LogP contribution is -3.15. The van der Waals surface area contributed by atoms with E-state index in [1.54, 1.807) is 38.4 Å². The third-order valence-corrected chi connectivity index (χ3v) is 6.63. The van der Waals surface area contributed by atoms with Crippen molar-refractivity contribution in [3.05, 3.63) is 17.7 Å². The predicted molar refractivity (Wildman–Crippen MR) is 109 cm³/mol. The first-order valence-electron chi connectivity index (χ1n) is 10.5. The molecule has 2 fully saturated rings. The largest absolute Gasteiger partial charge is 0.493 e. The van der Waals surface area contributed by atoms with Gasteiger partial charge in [-0.05, 0) is 18.6 Å². The summed E-state index contributed by atoms with van der Waals surface area (Å²) in [5.41, 5.74) is 0.601. The van der Waals surface area contributed by atoms with Gasteiger partial charge in [-0.25, -0.2) is 0 Å². The average molecular weight is 392 g/mol. The van der Waals surface area contributed by atoms with E-state index in [9.17, 15) is 4.79 Å². The SMILES string of the molecule is CCCCN(C(=O)c1cc(OC)c(OC)c(OC)c1)C1C[C@H]2CC[C@H](C1)[NH+]2C. The lowest BCUT2D eigenvalue weighted by molar-refractivity contribution is -0.922. The number of ether oxygens (including phenoxy) is 3. The van der Waals surface area contributed by atoms with Gasteiger partial charge >= 0.3 is 0 Å². The van der Waals surface area contributed by atoms with E-state index in [1.807, 2.05) is 0 Å². The van der Waals surface area contributed by atoms with Crippen molar-refractivity contribution in [2.75, 3.05) is 34.9 Å². The van der Waals surface area contributed by atoms with Gasteiger partial charge < -0.3 is 24.0 Å². The van der Waals surface area contributed by atoms with Crippen LogP contribution in [0.3, 0.4) is 0 Å². The van der Waals surface area contributed by atoms with Crippen LogP contribution in [-0.4, -0.2) is 63.9 Å². The number of nitrogens with zero attached hydrogens (tertiary/aromatic N) is 1. The van der Waals surface area contributed by atoms with E-state index in [1.165, 1.54) is 12.8 Å². The summed E-state index contributed by atoms with van der Waals surface area (Å²) in [6.07, 6.45) is 6.86. The molecule has 6 nitrogen and oxygen atoms in total. The zero-order valence-corrected chi connectivity index (χ0v) is 17.9. The first kappa shape index (κ1) is 20.8. The second kappa shape index (κ2) is 9.03. The Bertz CT molecular complexity index is 654. The van der Waals surface area contributed by atoms with Crippen molar-refractivity contribution >= 4 is 5.91 Å². The number of nitrogens with one attached hydrogen (secondary N) is 1. The molecule has 2 aliphatic rings. The number of methoxy groups -OCH3 is 3. The summed E-state index contributed by atoms with van der Waals surface area (Å²) in [7, 11) is 7.05. The van der Waals surface area contributed by atoms with E-state index in [0.717, 1.165) is 32.2 Å². The molecule has 156 valence electrons. The second-order valence-electron chi connectivity index (χ2n) is 8.11. The molecule has 6 heteroatoms. The Morgan fingerprint density at radius 1 is 1.07 bits per heavy atom. The quantitative estimate of drug-likeness (QED) is 0.738.